The predicted octanol–water partition coefficient (Wildman–Crippen LogP) is 2.29. The van der Waals surface area contributed by atoms with Crippen molar-refractivity contribution in [3.05, 3.63) is 23.8 Å². The molecule has 2 rings (SSSR count). The summed E-state index contributed by atoms with van der Waals surface area (Å²) in [5.41, 5.74) is 6.84. The smallest absolute Gasteiger partial charge is 0.253 e. The number of nitrogens with one attached hydrogen (secondary N) is 1. The third-order valence-corrected chi connectivity index (χ3v) is 4.77. The van der Waals surface area contributed by atoms with E-state index in [-0.39, 0.29) is 11.9 Å². The van der Waals surface area contributed by atoms with E-state index in [0.717, 1.165) is 6.42 Å². The lowest BCUT2D eigenvalue weighted by Gasteiger charge is -2.20. The van der Waals surface area contributed by atoms with E-state index in [1.807, 2.05) is 11.8 Å². The highest BCUT2D eigenvalue weighted by Gasteiger charge is 2.28. The standard InChI is InChI=1S/C14H20N2O2S/c1-18-11-7-3-5-9(13(11)15)14(17)16-10-6-4-8-12(10)19-2/h3,5,7,10,12H,4,6,8,15H2,1-2H3,(H,16,17). The molecule has 4 nitrogen and oxygen atoms in total. The van der Waals surface area contributed by atoms with Crippen molar-refractivity contribution in [3.63, 3.8) is 0 Å². The summed E-state index contributed by atoms with van der Waals surface area (Å²) in [5, 5.41) is 3.60. The summed E-state index contributed by atoms with van der Waals surface area (Å²) in [6, 6.07) is 5.51. The van der Waals surface area contributed by atoms with E-state index in [1.165, 1.54) is 12.8 Å². The van der Waals surface area contributed by atoms with Gasteiger partial charge in [-0.1, -0.05) is 12.5 Å². The van der Waals surface area contributed by atoms with Gasteiger partial charge in [0.05, 0.1) is 18.4 Å². The van der Waals surface area contributed by atoms with E-state index in [9.17, 15) is 4.79 Å². The zero-order valence-electron chi connectivity index (χ0n) is 11.3. The molecule has 1 fully saturated rings. The van der Waals surface area contributed by atoms with Gasteiger partial charge in [0.15, 0.2) is 0 Å². The number of nitrogen functional groups attached to an aromatic ring is 1. The molecule has 5 heteroatoms. The minimum atomic E-state index is -0.109. The van der Waals surface area contributed by atoms with Crippen LogP contribution >= 0.6 is 11.8 Å². The lowest BCUT2D eigenvalue weighted by Crippen LogP contribution is -2.38. The predicted molar refractivity (Wildman–Crippen MR) is 79.8 cm³/mol. The van der Waals surface area contributed by atoms with Crippen molar-refractivity contribution in [2.24, 2.45) is 0 Å². The number of carbonyl (C=O) groups is 1. The number of rotatable bonds is 4. The SMILES string of the molecule is COc1cccc(C(=O)NC2CCCC2SC)c1N. The molecule has 1 aromatic carbocycles. The Morgan fingerprint density at radius 1 is 1.47 bits per heavy atom. The molecule has 1 aliphatic carbocycles. The van der Waals surface area contributed by atoms with Crippen molar-refractivity contribution < 1.29 is 9.53 Å². The van der Waals surface area contributed by atoms with Gasteiger partial charge in [-0.2, -0.15) is 11.8 Å². The zero-order chi connectivity index (χ0) is 13.8. The largest absolute Gasteiger partial charge is 0.495 e. The number of anilines is 1. The van der Waals surface area contributed by atoms with Gasteiger partial charge in [0.2, 0.25) is 0 Å². The van der Waals surface area contributed by atoms with Crippen LogP contribution < -0.4 is 15.8 Å². The third-order valence-electron chi connectivity index (χ3n) is 3.60. The summed E-state index contributed by atoms with van der Waals surface area (Å²) in [6.07, 6.45) is 5.47. The molecule has 1 aromatic rings. The highest BCUT2D eigenvalue weighted by Crippen LogP contribution is 2.29. The molecule has 0 spiro atoms. The van der Waals surface area contributed by atoms with E-state index in [1.54, 1.807) is 25.3 Å². The number of benzene rings is 1. The average Bonchev–Trinajstić information content (AvgIpc) is 2.86. The Hall–Kier alpha value is -1.36. The summed E-state index contributed by atoms with van der Waals surface area (Å²) in [6.45, 7) is 0. The summed E-state index contributed by atoms with van der Waals surface area (Å²) in [5.74, 6) is 0.433. The van der Waals surface area contributed by atoms with Crippen LogP contribution in [0.2, 0.25) is 0 Å². The Bertz CT molecular complexity index is 465. The van der Waals surface area contributed by atoms with Crippen LogP contribution in [-0.4, -0.2) is 30.6 Å². The second-order valence-electron chi connectivity index (χ2n) is 4.71. The van der Waals surface area contributed by atoms with Crippen LogP contribution in [0.25, 0.3) is 0 Å². The number of amides is 1. The van der Waals surface area contributed by atoms with Crippen molar-refractivity contribution in [2.75, 3.05) is 19.1 Å². The molecule has 0 aromatic heterocycles. The Balaban J connectivity index is 2.12. The number of methoxy groups -OCH3 is 1. The number of hydrogen-bond donors (Lipinski definition) is 2. The van der Waals surface area contributed by atoms with E-state index in [2.05, 4.69) is 11.6 Å². The molecule has 3 N–H and O–H groups in total. The van der Waals surface area contributed by atoms with Crippen molar-refractivity contribution >= 4 is 23.4 Å². The molecule has 1 aliphatic rings. The highest BCUT2D eigenvalue weighted by molar-refractivity contribution is 7.99. The molecule has 19 heavy (non-hydrogen) atoms. The van der Waals surface area contributed by atoms with Crippen molar-refractivity contribution in [2.45, 2.75) is 30.6 Å². The number of hydrogen-bond acceptors (Lipinski definition) is 4. The first-order chi connectivity index (χ1) is 9.17. The minimum Gasteiger partial charge on any atom is -0.495 e. The average molecular weight is 280 g/mol. The van der Waals surface area contributed by atoms with Crippen molar-refractivity contribution in [1.82, 2.24) is 5.32 Å². The van der Waals surface area contributed by atoms with Gasteiger partial charge in [0, 0.05) is 11.3 Å². The topological polar surface area (TPSA) is 64.3 Å². The van der Waals surface area contributed by atoms with Crippen LogP contribution in [0.5, 0.6) is 5.75 Å². The Kier molecular flexibility index (Phi) is 4.58. The van der Waals surface area contributed by atoms with Gasteiger partial charge in [-0.15, -0.1) is 0 Å². The van der Waals surface area contributed by atoms with Gasteiger partial charge in [-0.05, 0) is 31.2 Å². The summed E-state index contributed by atoms with van der Waals surface area (Å²) in [4.78, 5) is 12.3. The summed E-state index contributed by atoms with van der Waals surface area (Å²) < 4.78 is 5.14. The Labute approximate surface area is 118 Å². The molecular formula is C14H20N2O2S. The van der Waals surface area contributed by atoms with Gasteiger partial charge >= 0.3 is 0 Å². The van der Waals surface area contributed by atoms with Crippen LogP contribution in [0.3, 0.4) is 0 Å². The number of nitrogens with two attached hydrogens (primary N) is 1. The molecule has 0 saturated heterocycles. The molecule has 2 unspecified atom stereocenters. The fraction of sp³-hybridized carbons (Fsp3) is 0.500. The quantitative estimate of drug-likeness (QED) is 0.831. The van der Waals surface area contributed by atoms with Gasteiger partial charge in [0.1, 0.15) is 5.75 Å². The Morgan fingerprint density at radius 3 is 2.95 bits per heavy atom. The normalized spacial score (nSPS) is 22.2. The van der Waals surface area contributed by atoms with Crippen LogP contribution in [0.1, 0.15) is 29.6 Å². The molecule has 1 amide bonds. The second-order valence-corrected chi connectivity index (χ2v) is 5.78. The maximum Gasteiger partial charge on any atom is 0.253 e. The second kappa shape index (κ2) is 6.19. The first-order valence-electron chi connectivity index (χ1n) is 6.43. The molecule has 104 valence electrons. The lowest BCUT2D eigenvalue weighted by atomic mass is 10.1. The molecule has 0 bridgehead atoms. The minimum absolute atomic E-state index is 0.109. The van der Waals surface area contributed by atoms with Gasteiger partial charge in [-0.25, -0.2) is 0 Å². The molecule has 0 radical (unpaired) electrons. The number of ether oxygens (including phenoxy) is 1. The molecule has 2 atom stereocenters. The molecule has 0 aliphatic heterocycles. The summed E-state index contributed by atoms with van der Waals surface area (Å²) in [7, 11) is 1.55. The molecule has 1 saturated carbocycles. The maximum atomic E-state index is 12.3. The maximum absolute atomic E-state index is 12.3. The van der Waals surface area contributed by atoms with Crippen LogP contribution in [0.4, 0.5) is 5.69 Å². The number of para-hydroxylation sites is 1. The van der Waals surface area contributed by atoms with Gasteiger partial charge in [-0.3, -0.25) is 4.79 Å². The van der Waals surface area contributed by atoms with E-state index in [4.69, 9.17) is 10.5 Å². The Morgan fingerprint density at radius 2 is 2.26 bits per heavy atom. The zero-order valence-corrected chi connectivity index (χ0v) is 12.1. The fourth-order valence-electron chi connectivity index (χ4n) is 2.54. The van der Waals surface area contributed by atoms with E-state index < -0.39 is 0 Å². The third kappa shape index (κ3) is 2.97. The number of carbonyl (C=O) groups excluding carboxylic acids is 1. The fourth-order valence-corrected chi connectivity index (χ4v) is 3.47. The van der Waals surface area contributed by atoms with E-state index >= 15 is 0 Å². The first-order valence-corrected chi connectivity index (χ1v) is 7.72. The highest BCUT2D eigenvalue weighted by atomic mass is 32.2. The van der Waals surface area contributed by atoms with Crippen LogP contribution in [0.15, 0.2) is 18.2 Å². The van der Waals surface area contributed by atoms with Crippen LogP contribution in [0, 0.1) is 0 Å². The summed E-state index contributed by atoms with van der Waals surface area (Å²) >= 11 is 1.82. The molecular weight excluding hydrogens is 260 g/mol. The van der Waals surface area contributed by atoms with E-state index in [0.29, 0.717) is 22.3 Å². The van der Waals surface area contributed by atoms with Crippen LogP contribution in [-0.2, 0) is 0 Å². The van der Waals surface area contributed by atoms with Crippen molar-refractivity contribution in [1.29, 1.82) is 0 Å². The monoisotopic (exact) mass is 280 g/mol. The van der Waals surface area contributed by atoms with Gasteiger partial charge in [0.25, 0.3) is 5.91 Å². The molecule has 0 heterocycles. The lowest BCUT2D eigenvalue weighted by molar-refractivity contribution is 0.0939. The number of thioether (sulfide) groups is 1. The van der Waals surface area contributed by atoms with Gasteiger partial charge < -0.3 is 15.8 Å². The van der Waals surface area contributed by atoms with Crippen molar-refractivity contribution in [3.8, 4) is 5.75 Å². The first kappa shape index (κ1) is 14.1.